The van der Waals surface area contributed by atoms with Gasteiger partial charge in [-0.05, 0) is 55.8 Å². The number of fused-ring (bicyclic) bond motifs is 1. The SMILES string of the molecule is C[C@H](O)C(=O)NC1CC(C)(CO)Oc2nc(-c3ccc(Cl)cc3Cl)c(-c3ccc(Cl)cc3)cc21. The first-order valence-electron chi connectivity index (χ1n) is 10.6. The predicted octanol–water partition coefficient (Wildman–Crippen LogP) is 5.45. The van der Waals surface area contributed by atoms with Gasteiger partial charge in [-0.15, -0.1) is 0 Å². The van der Waals surface area contributed by atoms with Gasteiger partial charge in [0.2, 0.25) is 11.8 Å². The van der Waals surface area contributed by atoms with Gasteiger partial charge in [0.15, 0.2) is 0 Å². The predicted molar refractivity (Wildman–Crippen MR) is 133 cm³/mol. The van der Waals surface area contributed by atoms with Crippen molar-refractivity contribution in [3.05, 3.63) is 69.2 Å². The Morgan fingerprint density at radius 1 is 1.15 bits per heavy atom. The topological polar surface area (TPSA) is 91.7 Å². The highest BCUT2D eigenvalue weighted by Gasteiger charge is 2.39. The molecule has 0 spiro atoms. The highest BCUT2D eigenvalue weighted by atomic mass is 35.5. The summed E-state index contributed by atoms with van der Waals surface area (Å²) in [6, 6.07) is 13.8. The lowest BCUT2D eigenvalue weighted by atomic mass is 9.87. The van der Waals surface area contributed by atoms with Crippen LogP contribution in [0.4, 0.5) is 0 Å². The molecule has 2 aromatic carbocycles. The summed E-state index contributed by atoms with van der Waals surface area (Å²) in [6.45, 7) is 2.84. The number of rotatable bonds is 5. The van der Waals surface area contributed by atoms with Crippen molar-refractivity contribution in [3.8, 4) is 28.3 Å². The minimum Gasteiger partial charge on any atom is -0.469 e. The molecule has 9 heteroatoms. The highest BCUT2D eigenvalue weighted by molar-refractivity contribution is 6.36. The largest absolute Gasteiger partial charge is 0.469 e. The van der Waals surface area contributed by atoms with E-state index in [1.165, 1.54) is 6.92 Å². The first-order chi connectivity index (χ1) is 16.1. The lowest BCUT2D eigenvalue weighted by Gasteiger charge is -2.39. The van der Waals surface area contributed by atoms with E-state index in [-0.39, 0.29) is 18.9 Å². The molecule has 2 heterocycles. The maximum Gasteiger partial charge on any atom is 0.249 e. The van der Waals surface area contributed by atoms with Crippen LogP contribution in [0.3, 0.4) is 0 Å². The van der Waals surface area contributed by atoms with Crippen molar-refractivity contribution in [3.63, 3.8) is 0 Å². The van der Waals surface area contributed by atoms with Gasteiger partial charge in [0.25, 0.3) is 0 Å². The van der Waals surface area contributed by atoms with Crippen LogP contribution >= 0.6 is 34.8 Å². The number of carbonyl (C=O) groups excluding carboxylic acids is 1. The Hall–Kier alpha value is -2.35. The summed E-state index contributed by atoms with van der Waals surface area (Å²) in [5, 5.41) is 24.1. The van der Waals surface area contributed by atoms with Gasteiger partial charge >= 0.3 is 0 Å². The first-order valence-corrected chi connectivity index (χ1v) is 11.8. The molecule has 0 saturated carbocycles. The Morgan fingerprint density at radius 3 is 2.44 bits per heavy atom. The zero-order chi connectivity index (χ0) is 24.6. The van der Waals surface area contributed by atoms with Gasteiger partial charge in [0.05, 0.1) is 23.4 Å². The van der Waals surface area contributed by atoms with Gasteiger partial charge in [-0.3, -0.25) is 4.79 Å². The lowest BCUT2D eigenvalue weighted by molar-refractivity contribution is -0.130. The summed E-state index contributed by atoms with van der Waals surface area (Å²) in [7, 11) is 0. The number of pyridine rings is 1. The molecule has 1 aliphatic heterocycles. The van der Waals surface area contributed by atoms with E-state index in [1.807, 2.05) is 18.2 Å². The van der Waals surface area contributed by atoms with Crippen LogP contribution in [-0.2, 0) is 4.79 Å². The van der Waals surface area contributed by atoms with Crippen molar-refractivity contribution in [1.29, 1.82) is 0 Å². The number of hydrogen-bond donors (Lipinski definition) is 3. The van der Waals surface area contributed by atoms with Gasteiger partial charge < -0.3 is 20.3 Å². The molecule has 0 fully saturated rings. The second-order valence-electron chi connectivity index (χ2n) is 8.56. The number of amides is 1. The number of benzene rings is 2. The van der Waals surface area contributed by atoms with E-state index in [9.17, 15) is 15.0 Å². The van der Waals surface area contributed by atoms with Gasteiger partial charge in [-0.25, -0.2) is 4.98 Å². The molecule has 3 atom stereocenters. The molecule has 3 N–H and O–H groups in total. The molecule has 6 nitrogen and oxygen atoms in total. The summed E-state index contributed by atoms with van der Waals surface area (Å²) in [6.07, 6.45) is -0.903. The Bertz CT molecular complexity index is 1230. The fourth-order valence-electron chi connectivity index (χ4n) is 3.91. The molecule has 0 radical (unpaired) electrons. The van der Waals surface area contributed by atoms with E-state index in [1.54, 1.807) is 37.3 Å². The van der Waals surface area contributed by atoms with Crippen LogP contribution in [-0.4, -0.2) is 39.4 Å². The molecule has 3 aromatic rings. The minimum absolute atomic E-state index is 0.262. The number of ether oxygens (including phenoxy) is 1. The van der Waals surface area contributed by atoms with Crippen molar-refractivity contribution in [2.45, 2.75) is 38.0 Å². The fraction of sp³-hybridized carbons (Fsp3) is 0.280. The Kier molecular flexibility index (Phi) is 7.08. The molecule has 2 unspecified atom stereocenters. The molecular weight excluding hydrogens is 499 g/mol. The highest BCUT2D eigenvalue weighted by Crippen LogP contribution is 2.45. The fourth-order valence-corrected chi connectivity index (χ4v) is 4.54. The van der Waals surface area contributed by atoms with Gasteiger partial charge in [-0.1, -0.05) is 46.9 Å². The number of nitrogens with zero attached hydrogens (tertiary/aromatic N) is 1. The number of halogens is 3. The maximum absolute atomic E-state index is 12.3. The average Bonchev–Trinajstić information content (AvgIpc) is 2.79. The third kappa shape index (κ3) is 5.02. The minimum atomic E-state index is -1.19. The number of hydrogen-bond acceptors (Lipinski definition) is 5. The van der Waals surface area contributed by atoms with Gasteiger partial charge in [0, 0.05) is 33.2 Å². The smallest absolute Gasteiger partial charge is 0.249 e. The normalized spacial score (nSPS) is 20.3. The Labute approximate surface area is 212 Å². The number of aliphatic hydroxyl groups excluding tert-OH is 2. The van der Waals surface area contributed by atoms with Crippen molar-refractivity contribution in [2.24, 2.45) is 0 Å². The van der Waals surface area contributed by atoms with Gasteiger partial charge in [0.1, 0.15) is 11.7 Å². The van der Waals surface area contributed by atoms with E-state index in [4.69, 9.17) is 44.5 Å². The van der Waals surface area contributed by atoms with E-state index in [2.05, 4.69) is 5.32 Å². The maximum atomic E-state index is 12.3. The second kappa shape index (κ2) is 9.72. The Morgan fingerprint density at radius 2 is 1.82 bits per heavy atom. The van der Waals surface area contributed by atoms with Crippen LogP contribution in [0.25, 0.3) is 22.4 Å². The lowest BCUT2D eigenvalue weighted by Crippen LogP contribution is -2.47. The molecule has 0 bridgehead atoms. The van der Waals surface area contributed by atoms with E-state index < -0.39 is 23.7 Å². The standard InChI is InChI=1S/C25H23Cl3N2O4/c1-13(32)23(33)29-21-11-25(2,12-31)34-24-19(21)10-18(14-3-5-15(26)6-4-14)22(30-24)17-8-7-16(27)9-20(17)28/h3-10,13,21,31-32H,11-12H2,1-2H3,(H,29,33)/t13-,21?,25?/m0/s1. The second-order valence-corrected chi connectivity index (χ2v) is 9.84. The van der Waals surface area contributed by atoms with Crippen molar-refractivity contribution in [2.75, 3.05) is 6.61 Å². The van der Waals surface area contributed by atoms with E-state index in [0.717, 1.165) is 11.1 Å². The van der Waals surface area contributed by atoms with Crippen LogP contribution in [0.15, 0.2) is 48.5 Å². The molecule has 0 aliphatic carbocycles. The monoisotopic (exact) mass is 520 g/mol. The quantitative estimate of drug-likeness (QED) is 0.415. The van der Waals surface area contributed by atoms with E-state index >= 15 is 0 Å². The first kappa shape index (κ1) is 24.8. The number of aliphatic hydroxyl groups is 2. The van der Waals surface area contributed by atoms with Crippen LogP contribution < -0.4 is 10.1 Å². The number of nitrogens with one attached hydrogen (secondary N) is 1. The van der Waals surface area contributed by atoms with Crippen LogP contribution in [0.5, 0.6) is 5.88 Å². The summed E-state index contributed by atoms with van der Waals surface area (Å²) in [5.74, 6) is -0.270. The molecule has 34 heavy (non-hydrogen) atoms. The van der Waals surface area contributed by atoms with Crippen LogP contribution in [0.1, 0.15) is 31.9 Å². The zero-order valence-corrected chi connectivity index (χ0v) is 20.7. The average molecular weight is 522 g/mol. The van der Waals surface area contributed by atoms with Gasteiger partial charge in [-0.2, -0.15) is 0 Å². The van der Waals surface area contributed by atoms with Crippen LogP contribution in [0, 0.1) is 0 Å². The number of aromatic nitrogens is 1. The Balaban J connectivity index is 1.95. The summed E-state index contributed by atoms with van der Waals surface area (Å²) < 4.78 is 6.11. The third-order valence-electron chi connectivity index (χ3n) is 5.74. The summed E-state index contributed by atoms with van der Waals surface area (Å²) in [4.78, 5) is 17.2. The zero-order valence-electron chi connectivity index (χ0n) is 18.5. The van der Waals surface area contributed by atoms with Crippen molar-refractivity contribution in [1.82, 2.24) is 10.3 Å². The van der Waals surface area contributed by atoms with E-state index in [0.29, 0.717) is 31.9 Å². The molecule has 0 saturated heterocycles. The van der Waals surface area contributed by atoms with Crippen LogP contribution in [0.2, 0.25) is 15.1 Å². The summed E-state index contributed by atoms with van der Waals surface area (Å²) >= 11 is 18.8. The van der Waals surface area contributed by atoms with Crippen molar-refractivity contribution >= 4 is 40.7 Å². The molecule has 1 amide bonds. The molecule has 4 rings (SSSR count). The number of carbonyl (C=O) groups is 1. The molecule has 1 aromatic heterocycles. The molecular formula is C25H23Cl3N2O4. The summed E-state index contributed by atoms with van der Waals surface area (Å²) in [5.41, 5.74) is 2.40. The molecule has 1 aliphatic rings. The third-order valence-corrected chi connectivity index (χ3v) is 6.54. The molecule has 178 valence electrons. The van der Waals surface area contributed by atoms with Crippen molar-refractivity contribution < 1.29 is 19.7 Å².